The highest BCUT2D eigenvalue weighted by Gasteiger charge is 2.32. The molecule has 0 fully saturated rings. The molecule has 1 rings (SSSR count). The number of ether oxygens (including phenoxy) is 1. The number of aldehydes is 1. The van der Waals surface area contributed by atoms with E-state index in [0.717, 1.165) is 36.7 Å². The maximum atomic E-state index is 11.6. The third-order valence-electron chi connectivity index (χ3n) is 6.38. The largest absolute Gasteiger partial charge is 0.487 e. The number of allylic oxidation sites excluding steroid dienone is 2. The van der Waals surface area contributed by atoms with E-state index < -0.39 is 21.2 Å². The lowest BCUT2D eigenvalue weighted by Gasteiger charge is -2.31. The first-order valence-electron chi connectivity index (χ1n) is 12.3. The molecule has 0 heterocycles. The molecule has 0 saturated carbocycles. The Kier molecular flexibility index (Phi) is 12.9. The van der Waals surface area contributed by atoms with Crippen molar-refractivity contribution in [1.29, 1.82) is 0 Å². The minimum Gasteiger partial charge on any atom is -0.487 e. The van der Waals surface area contributed by atoms with Gasteiger partial charge < -0.3 is 19.4 Å². The molecule has 0 aliphatic heterocycles. The number of hydrogen-bond acceptors (Lipinski definition) is 6. The monoisotopic (exact) mass is 570 g/mol. The van der Waals surface area contributed by atoms with E-state index in [4.69, 9.17) is 20.9 Å². The van der Waals surface area contributed by atoms with Crippen molar-refractivity contribution in [3.63, 3.8) is 0 Å². The van der Waals surface area contributed by atoms with E-state index in [0.29, 0.717) is 29.7 Å². The summed E-state index contributed by atoms with van der Waals surface area (Å²) in [5.74, 6) is 3.10. The molecule has 0 bridgehead atoms. The third kappa shape index (κ3) is 12.7. The van der Waals surface area contributed by atoms with Gasteiger partial charge in [-0.1, -0.05) is 56.4 Å². The zero-order chi connectivity index (χ0) is 29.2. The van der Waals surface area contributed by atoms with Crippen molar-refractivity contribution in [2.75, 3.05) is 6.61 Å². The molecule has 0 aliphatic carbocycles. The first-order chi connectivity index (χ1) is 17.5. The average molecular weight is 571 g/mol. The van der Waals surface area contributed by atoms with Crippen molar-refractivity contribution in [2.45, 2.75) is 79.2 Å². The predicted molar refractivity (Wildman–Crippen MR) is 148 cm³/mol. The summed E-state index contributed by atoms with van der Waals surface area (Å²) in [4.78, 5) is 38.0. The van der Waals surface area contributed by atoms with Gasteiger partial charge in [0.15, 0.2) is 0 Å². The Bertz CT molecular complexity index is 1160. The van der Waals surface area contributed by atoms with Crippen LogP contribution in [0.4, 0.5) is 0 Å². The second-order valence-corrected chi connectivity index (χ2v) is 12.9. The van der Waals surface area contributed by atoms with Crippen LogP contribution >= 0.6 is 15.6 Å². The van der Waals surface area contributed by atoms with Crippen LogP contribution in [0.3, 0.4) is 0 Å². The topological polar surface area (TPSA) is 140 Å². The number of benzene rings is 1. The number of phosphoric acid groups is 2. The molecule has 11 heteroatoms. The molecule has 3 atom stereocenters. The summed E-state index contributed by atoms with van der Waals surface area (Å²) in [5, 5.41) is 0. The lowest BCUT2D eigenvalue weighted by Crippen LogP contribution is -2.32. The van der Waals surface area contributed by atoms with Gasteiger partial charge in [0.1, 0.15) is 17.6 Å². The summed E-state index contributed by atoms with van der Waals surface area (Å²) in [7, 11) is -10.0. The van der Waals surface area contributed by atoms with Crippen LogP contribution in [0, 0.1) is 17.8 Å². The molecule has 38 heavy (non-hydrogen) atoms. The number of rotatable bonds is 16. The fraction of sp³-hybridized carbons (Fsp3) is 0.519. The van der Waals surface area contributed by atoms with Crippen LogP contribution in [0.15, 0.2) is 41.5 Å². The van der Waals surface area contributed by atoms with Crippen LogP contribution in [0.2, 0.25) is 0 Å². The first kappa shape index (κ1) is 34.0. The highest BCUT2D eigenvalue weighted by molar-refractivity contribution is 7.60. The van der Waals surface area contributed by atoms with Gasteiger partial charge >= 0.3 is 15.6 Å². The van der Waals surface area contributed by atoms with E-state index in [2.05, 4.69) is 41.6 Å². The highest BCUT2D eigenvalue weighted by Crippen LogP contribution is 2.57. The summed E-state index contributed by atoms with van der Waals surface area (Å²) in [6.45, 7) is 11.9. The molecule has 0 aliphatic rings. The van der Waals surface area contributed by atoms with Crippen molar-refractivity contribution >= 4 is 21.9 Å². The quantitative estimate of drug-likeness (QED) is 0.0854. The standard InChI is InChI=1S/C27H40O9P2/c1-8-23-15-24(20-28)17-25(16-23)35-27(7,10-3)19-21(4)11-13-26(6,9-2)18-22(5)12-14-34-38(32,33)36-37(29,30)31/h1,11-12,15-17,20H,9-10,13-14,18-19H2,2-7H3,(H,32,33)(H2,29,30,31). The molecule has 0 spiro atoms. The Hall–Kier alpha value is -2.01. The molecule has 1 aromatic rings. The normalized spacial score (nSPS) is 17.6. The van der Waals surface area contributed by atoms with E-state index in [9.17, 15) is 18.8 Å². The number of phosphoric ester groups is 1. The van der Waals surface area contributed by atoms with Gasteiger partial charge in [0, 0.05) is 17.5 Å². The van der Waals surface area contributed by atoms with E-state index in [1.54, 1.807) is 24.3 Å². The van der Waals surface area contributed by atoms with Gasteiger partial charge in [-0.25, -0.2) is 9.13 Å². The minimum absolute atomic E-state index is 0.101. The van der Waals surface area contributed by atoms with E-state index in [1.807, 2.05) is 20.8 Å². The Labute approximate surface area is 226 Å². The Morgan fingerprint density at radius 1 is 1.03 bits per heavy atom. The van der Waals surface area contributed by atoms with Crippen molar-refractivity contribution in [3.8, 4) is 18.1 Å². The molecule has 0 saturated heterocycles. The zero-order valence-electron chi connectivity index (χ0n) is 23.0. The second-order valence-electron chi connectivity index (χ2n) is 10.1. The fourth-order valence-corrected chi connectivity index (χ4v) is 5.48. The van der Waals surface area contributed by atoms with Gasteiger partial charge in [-0.15, -0.1) is 6.42 Å². The Balaban J connectivity index is 2.86. The molecule has 9 nitrogen and oxygen atoms in total. The van der Waals surface area contributed by atoms with Gasteiger partial charge in [0.05, 0.1) is 6.61 Å². The molecular formula is C27H40O9P2. The Morgan fingerprint density at radius 3 is 2.18 bits per heavy atom. The molecular weight excluding hydrogens is 530 g/mol. The molecule has 212 valence electrons. The predicted octanol–water partition coefficient (Wildman–Crippen LogP) is 6.73. The molecule has 3 unspecified atom stereocenters. The number of terminal acetylenes is 1. The summed E-state index contributed by atoms with van der Waals surface area (Å²) in [5.41, 5.74) is 2.49. The summed E-state index contributed by atoms with van der Waals surface area (Å²) >= 11 is 0. The third-order valence-corrected chi connectivity index (χ3v) is 8.53. The van der Waals surface area contributed by atoms with Crippen LogP contribution in [0.1, 0.15) is 89.6 Å². The first-order valence-corrected chi connectivity index (χ1v) is 15.3. The second kappa shape index (κ2) is 14.4. The van der Waals surface area contributed by atoms with Gasteiger partial charge in [0.2, 0.25) is 0 Å². The molecule has 3 N–H and O–H groups in total. The maximum Gasteiger partial charge on any atom is 0.481 e. The molecule has 0 radical (unpaired) electrons. The summed E-state index contributed by atoms with van der Waals surface area (Å²) < 4.78 is 37.1. The highest BCUT2D eigenvalue weighted by atomic mass is 31.3. The molecule has 0 aromatic heterocycles. The van der Waals surface area contributed by atoms with Crippen LogP contribution in [-0.2, 0) is 18.0 Å². The average Bonchev–Trinajstić information content (AvgIpc) is 2.80. The minimum atomic E-state index is -5.15. The van der Waals surface area contributed by atoms with Crippen LogP contribution < -0.4 is 4.74 Å². The maximum absolute atomic E-state index is 11.6. The number of hydrogen-bond donors (Lipinski definition) is 3. The van der Waals surface area contributed by atoms with Gasteiger partial charge in [-0.3, -0.25) is 9.32 Å². The van der Waals surface area contributed by atoms with Crippen LogP contribution in [-0.4, -0.2) is 33.2 Å². The van der Waals surface area contributed by atoms with Gasteiger partial charge in [-0.05, 0) is 63.6 Å². The lowest BCUT2D eigenvalue weighted by atomic mass is 9.77. The summed E-state index contributed by atoms with van der Waals surface area (Å²) in [6, 6.07) is 5.07. The molecule has 0 amide bonds. The van der Waals surface area contributed by atoms with Crippen molar-refractivity contribution in [1.82, 2.24) is 0 Å². The SMILES string of the molecule is C#Cc1cc(C=O)cc(OC(C)(CC)CC(C)=CCC(C)(CC)CC(C)=CCOP(=O)(O)OP(=O)(O)O)c1. The van der Waals surface area contributed by atoms with Gasteiger partial charge in [0.25, 0.3) is 0 Å². The fourth-order valence-electron chi connectivity index (χ4n) is 3.95. The van der Waals surface area contributed by atoms with E-state index in [1.165, 1.54) is 0 Å². The lowest BCUT2D eigenvalue weighted by molar-refractivity contribution is 0.0842. The number of carbonyl (C=O) groups is 1. The summed E-state index contributed by atoms with van der Waals surface area (Å²) in [6.07, 6.45) is 13.8. The van der Waals surface area contributed by atoms with E-state index in [-0.39, 0.29) is 12.0 Å². The van der Waals surface area contributed by atoms with Crippen LogP contribution in [0.5, 0.6) is 5.75 Å². The number of carbonyl (C=O) groups excluding carboxylic acids is 1. The van der Waals surface area contributed by atoms with Crippen molar-refractivity contribution in [3.05, 3.63) is 52.6 Å². The smallest absolute Gasteiger partial charge is 0.481 e. The van der Waals surface area contributed by atoms with E-state index >= 15 is 0 Å². The van der Waals surface area contributed by atoms with Crippen molar-refractivity contribution < 1.29 is 42.2 Å². The van der Waals surface area contributed by atoms with Crippen molar-refractivity contribution in [2.24, 2.45) is 5.41 Å². The van der Waals surface area contributed by atoms with Crippen LogP contribution in [0.25, 0.3) is 0 Å². The molecule has 1 aromatic carbocycles. The Morgan fingerprint density at radius 2 is 1.66 bits per heavy atom. The zero-order valence-corrected chi connectivity index (χ0v) is 24.8. The van der Waals surface area contributed by atoms with Gasteiger partial charge in [-0.2, -0.15) is 4.31 Å².